The molecular formula is C26H30Cl2N2O5. The molecule has 0 radical (unpaired) electrons. The lowest BCUT2D eigenvalue weighted by molar-refractivity contribution is -0.135. The van der Waals surface area contributed by atoms with Crippen LogP contribution >= 0.6 is 23.2 Å². The third-order valence-corrected chi connectivity index (χ3v) is 6.80. The zero-order chi connectivity index (χ0) is 25.5. The summed E-state index contributed by atoms with van der Waals surface area (Å²) in [5, 5.41) is 12.8. The van der Waals surface area contributed by atoms with Gasteiger partial charge in [-0.15, -0.1) is 0 Å². The number of esters is 1. The third kappa shape index (κ3) is 6.03. The van der Waals surface area contributed by atoms with Crippen LogP contribution in [0.25, 0.3) is 0 Å². The Morgan fingerprint density at radius 2 is 1.69 bits per heavy atom. The molecule has 7 nitrogen and oxygen atoms in total. The predicted octanol–water partition coefficient (Wildman–Crippen LogP) is 5.91. The summed E-state index contributed by atoms with van der Waals surface area (Å²) < 4.78 is 21.2. The van der Waals surface area contributed by atoms with Crippen molar-refractivity contribution in [2.75, 3.05) is 27.9 Å². The van der Waals surface area contributed by atoms with Crippen LogP contribution in [0.1, 0.15) is 43.2 Å². The molecule has 0 saturated carbocycles. The summed E-state index contributed by atoms with van der Waals surface area (Å²) in [6.45, 7) is 2.44. The van der Waals surface area contributed by atoms with Gasteiger partial charge in [-0.3, -0.25) is 5.41 Å². The fourth-order valence-electron chi connectivity index (χ4n) is 4.18. The second-order valence-corrected chi connectivity index (χ2v) is 8.77. The first-order chi connectivity index (χ1) is 16.8. The van der Waals surface area contributed by atoms with Gasteiger partial charge in [-0.2, -0.15) is 0 Å². The predicted molar refractivity (Wildman–Crippen MR) is 137 cm³/mol. The summed E-state index contributed by atoms with van der Waals surface area (Å²) in [4.78, 5) is 12.4. The maximum absolute atomic E-state index is 12.4. The van der Waals surface area contributed by atoms with E-state index in [1.54, 1.807) is 34.3 Å². The van der Waals surface area contributed by atoms with Gasteiger partial charge in [0.15, 0.2) is 0 Å². The summed E-state index contributed by atoms with van der Waals surface area (Å²) in [5.74, 6) is 1.01. The summed E-state index contributed by atoms with van der Waals surface area (Å²) in [5.41, 5.74) is 3.04. The quantitative estimate of drug-likeness (QED) is 0.298. The number of hydrogen-bond acceptors (Lipinski definition) is 7. The van der Waals surface area contributed by atoms with Crippen molar-refractivity contribution >= 4 is 34.9 Å². The van der Waals surface area contributed by atoms with Crippen LogP contribution in [0.15, 0.2) is 41.6 Å². The first-order valence-corrected chi connectivity index (χ1v) is 12.0. The highest BCUT2D eigenvalue weighted by Crippen LogP contribution is 2.48. The van der Waals surface area contributed by atoms with Gasteiger partial charge in [-0.1, -0.05) is 35.3 Å². The molecular weight excluding hydrogens is 491 g/mol. The second-order valence-electron chi connectivity index (χ2n) is 8.02. The fourth-order valence-corrected chi connectivity index (χ4v) is 4.99. The average molecular weight is 521 g/mol. The van der Waals surface area contributed by atoms with Gasteiger partial charge in [0.1, 0.15) is 23.0 Å². The maximum atomic E-state index is 12.4. The largest absolute Gasteiger partial charge is 0.497 e. The van der Waals surface area contributed by atoms with Crippen LogP contribution in [0.5, 0.6) is 17.2 Å². The van der Waals surface area contributed by atoms with E-state index in [2.05, 4.69) is 5.32 Å². The van der Waals surface area contributed by atoms with E-state index < -0.39 is 5.97 Å². The highest BCUT2D eigenvalue weighted by molar-refractivity contribution is 6.42. The molecule has 2 N–H and O–H groups in total. The number of methoxy groups -OCH3 is 3. The highest BCUT2D eigenvalue weighted by Gasteiger charge is 2.31. The molecule has 2 aromatic rings. The standard InChI is InChI=1S/C26H30Cl2N2O5/c1-5-35-26(31)25(29)18-11-8-16(22-23(27)20(33-3)13-21(34-4)24(22)28)12-19(18)30-14-15-6-9-17(32-2)10-7-15/h6-7,9-10,13,16,29-30H,5,8,11-12,14H2,1-4H3. The van der Waals surface area contributed by atoms with Crippen molar-refractivity contribution in [2.24, 2.45) is 0 Å². The Kier molecular flexibility index (Phi) is 9.29. The Morgan fingerprint density at radius 1 is 1.06 bits per heavy atom. The SMILES string of the molecule is CCOC(=O)C(=N)C1=C(NCc2ccc(OC)cc2)CC(c2c(Cl)c(OC)cc(OC)c2Cl)CC1. The molecule has 1 aliphatic rings. The van der Waals surface area contributed by atoms with Gasteiger partial charge in [-0.05, 0) is 49.8 Å². The zero-order valence-corrected chi connectivity index (χ0v) is 21.8. The molecule has 0 amide bonds. The van der Waals surface area contributed by atoms with E-state index in [4.69, 9.17) is 47.6 Å². The Hall–Kier alpha value is -2.90. The third-order valence-electron chi connectivity index (χ3n) is 6.02. The molecule has 0 aromatic heterocycles. The first-order valence-electron chi connectivity index (χ1n) is 11.3. The maximum Gasteiger partial charge on any atom is 0.356 e. The normalized spacial score (nSPS) is 15.4. The van der Waals surface area contributed by atoms with E-state index in [-0.39, 0.29) is 18.2 Å². The van der Waals surface area contributed by atoms with Gasteiger partial charge >= 0.3 is 5.97 Å². The summed E-state index contributed by atoms with van der Waals surface area (Å²) in [6.07, 6.45) is 1.63. The average Bonchev–Trinajstić information content (AvgIpc) is 2.88. The molecule has 9 heteroatoms. The molecule has 0 heterocycles. The van der Waals surface area contributed by atoms with Crippen LogP contribution in [-0.2, 0) is 16.1 Å². The van der Waals surface area contributed by atoms with E-state index in [9.17, 15) is 4.79 Å². The molecule has 0 spiro atoms. The van der Waals surface area contributed by atoms with Gasteiger partial charge in [0, 0.05) is 29.4 Å². The molecule has 1 atom stereocenters. The lowest BCUT2D eigenvalue weighted by atomic mass is 9.81. The molecule has 0 fully saturated rings. The number of benzene rings is 2. The minimum atomic E-state index is -0.635. The molecule has 3 rings (SSSR count). The van der Waals surface area contributed by atoms with Gasteiger partial charge in [0.25, 0.3) is 0 Å². The first kappa shape index (κ1) is 26.7. The van der Waals surface area contributed by atoms with E-state index in [0.29, 0.717) is 52.9 Å². The van der Waals surface area contributed by atoms with Gasteiger partial charge < -0.3 is 24.3 Å². The van der Waals surface area contributed by atoms with Crippen molar-refractivity contribution < 1.29 is 23.7 Å². The summed E-state index contributed by atoms with van der Waals surface area (Å²) in [7, 11) is 4.71. The number of halogens is 2. The van der Waals surface area contributed by atoms with Crippen LogP contribution in [0.3, 0.4) is 0 Å². The van der Waals surface area contributed by atoms with Crippen LogP contribution in [-0.4, -0.2) is 39.6 Å². The van der Waals surface area contributed by atoms with Crippen molar-refractivity contribution in [3.05, 3.63) is 62.8 Å². The monoisotopic (exact) mass is 520 g/mol. The van der Waals surface area contributed by atoms with Gasteiger partial charge in [-0.25, -0.2) is 4.79 Å². The number of ether oxygens (including phenoxy) is 4. The molecule has 0 saturated heterocycles. The van der Waals surface area contributed by atoms with Crippen molar-refractivity contribution in [1.29, 1.82) is 5.41 Å². The number of rotatable bonds is 10. The van der Waals surface area contributed by atoms with Crippen molar-refractivity contribution in [2.45, 2.75) is 38.6 Å². The molecule has 0 bridgehead atoms. The van der Waals surface area contributed by atoms with Crippen molar-refractivity contribution in [1.82, 2.24) is 5.32 Å². The lowest BCUT2D eigenvalue weighted by Gasteiger charge is -2.30. The minimum absolute atomic E-state index is 0.0730. The number of nitrogens with one attached hydrogen (secondary N) is 2. The molecule has 1 unspecified atom stereocenters. The van der Waals surface area contributed by atoms with Gasteiger partial charge in [0.05, 0.1) is 38.0 Å². The number of allylic oxidation sites excluding steroid dienone is 1. The van der Waals surface area contributed by atoms with E-state index >= 15 is 0 Å². The number of carbonyl (C=O) groups is 1. The fraction of sp³-hybridized carbons (Fsp3) is 0.385. The highest BCUT2D eigenvalue weighted by atomic mass is 35.5. The molecule has 2 aromatic carbocycles. The molecule has 35 heavy (non-hydrogen) atoms. The van der Waals surface area contributed by atoms with Crippen LogP contribution < -0.4 is 19.5 Å². The summed E-state index contributed by atoms with van der Waals surface area (Å²) >= 11 is 13.4. The van der Waals surface area contributed by atoms with Crippen LogP contribution in [0.2, 0.25) is 10.0 Å². The van der Waals surface area contributed by atoms with Crippen LogP contribution in [0, 0.1) is 5.41 Å². The number of hydrogen-bond donors (Lipinski definition) is 2. The topological polar surface area (TPSA) is 89.9 Å². The Bertz CT molecular complexity index is 1090. The minimum Gasteiger partial charge on any atom is -0.497 e. The van der Waals surface area contributed by atoms with E-state index in [1.165, 1.54) is 0 Å². The Balaban J connectivity index is 1.96. The Morgan fingerprint density at radius 3 is 2.23 bits per heavy atom. The Labute approximate surface area is 215 Å². The van der Waals surface area contributed by atoms with Gasteiger partial charge in [0.2, 0.25) is 0 Å². The zero-order valence-electron chi connectivity index (χ0n) is 20.3. The molecule has 1 aliphatic carbocycles. The van der Waals surface area contributed by atoms with E-state index in [0.717, 1.165) is 22.6 Å². The molecule has 0 aliphatic heterocycles. The summed E-state index contributed by atoms with van der Waals surface area (Å²) in [6, 6.07) is 9.36. The van der Waals surface area contributed by atoms with Crippen LogP contribution in [0.4, 0.5) is 0 Å². The number of carbonyl (C=O) groups excluding carboxylic acids is 1. The molecule has 188 valence electrons. The van der Waals surface area contributed by atoms with Crippen molar-refractivity contribution in [3.8, 4) is 17.2 Å². The van der Waals surface area contributed by atoms with E-state index in [1.807, 2.05) is 24.3 Å². The second kappa shape index (κ2) is 12.2. The lowest BCUT2D eigenvalue weighted by Crippen LogP contribution is -2.28. The van der Waals surface area contributed by atoms with Crippen molar-refractivity contribution in [3.63, 3.8) is 0 Å². The smallest absolute Gasteiger partial charge is 0.356 e.